The molecule has 4 aromatic rings. The van der Waals surface area contributed by atoms with E-state index in [0.717, 1.165) is 130 Å². The number of nitrogens with one attached hydrogen (secondary N) is 2. The smallest absolute Gasteiger partial charge is 0.309 e. The summed E-state index contributed by atoms with van der Waals surface area (Å²) >= 11 is 7.01. The van der Waals surface area contributed by atoms with E-state index in [2.05, 4.69) is 27.4 Å². The fourth-order valence-corrected chi connectivity index (χ4v) is 10.2. The van der Waals surface area contributed by atoms with E-state index in [9.17, 15) is 19.5 Å². The summed E-state index contributed by atoms with van der Waals surface area (Å²) in [6.45, 7) is 9.30. The summed E-state index contributed by atoms with van der Waals surface area (Å²) < 4.78 is 3.81. The number of carbonyl (C=O) groups excluding carboxylic acids is 2. The molecule has 0 atom stereocenters. The first kappa shape index (κ1) is 37.4. The Hall–Kier alpha value is -4.52. The lowest BCUT2D eigenvalue weighted by molar-refractivity contribution is -0.148. The summed E-state index contributed by atoms with van der Waals surface area (Å²) in [5.41, 5.74) is 7.24. The van der Waals surface area contributed by atoms with Crippen LogP contribution in [0.5, 0.6) is 0 Å². The average Bonchev–Trinajstić information content (AvgIpc) is 3.93. The van der Waals surface area contributed by atoms with Gasteiger partial charge < -0.3 is 24.9 Å². The van der Waals surface area contributed by atoms with Crippen molar-refractivity contribution < 1.29 is 19.5 Å². The molecule has 2 bridgehead atoms. The maximum atomic E-state index is 13.8. The maximum Gasteiger partial charge on any atom is 0.309 e. The predicted molar refractivity (Wildman–Crippen MR) is 212 cm³/mol. The number of aliphatic carboxylic acids is 1. The van der Waals surface area contributed by atoms with Gasteiger partial charge in [-0.2, -0.15) is 0 Å². The van der Waals surface area contributed by atoms with Crippen molar-refractivity contribution in [2.24, 2.45) is 24.9 Å². The molecular weight excluding hydrogens is 716 g/mol. The Balaban J connectivity index is 0.942. The molecule has 290 valence electrons. The van der Waals surface area contributed by atoms with Crippen LogP contribution >= 0.6 is 11.6 Å². The number of rotatable bonds is 11. The number of carboxylic acids is 1. The van der Waals surface area contributed by atoms with Gasteiger partial charge >= 0.3 is 5.97 Å². The van der Waals surface area contributed by atoms with Gasteiger partial charge in [-0.05, 0) is 93.6 Å². The van der Waals surface area contributed by atoms with Gasteiger partial charge in [-0.3, -0.25) is 24.2 Å². The number of amides is 2. The molecule has 4 heterocycles. The van der Waals surface area contributed by atoms with Crippen LogP contribution in [0.25, 0.3) is 11.1 Å². The van der Waals surface area contributed by atoms with Gasteiger partial charge in [-0.1, -0.05) is 42.8 Å². The first-order chi connectivity index (χ1) is 26.4. The van der Waals surface area contributed by atoms with Crippen molar-refractivity contribution in [3.8, 4) is 11.1 Å². The van der Waals surface area contributed by atoms with Crippen LogP contribution in [0, 0.1) is 17.8 Å². The highest BCUT2D eigenvalue weighted by Gasteiger charge is 2.57. The number of aromatic nitrogens is 4. The molecule has 2 saturated carbocycles. The molecule has 0 radical (unpaired) electrons. The zero-order valence-corrected chi connectivity index (χ0v) is 33.1. The molecule has 0 unspecified atom stereocenters. The third-order valence-corrected chi connectivity index (χ3v) is 13.5. The SMILES string of the molecule is CCCN1CCc2c(nc(C(=O)Nc3cccc(-c4cccc(NC(=O)c5nc6c(n5C)CCN(CCC57CCC(C(=O)O)(CC5)C7)C6)c4C)c3Cl)n2C)C1. The predicted octanol–water partition coefficient (Wildman–Crippen LogP) is 6.84. The number of carbonyl (C=O) groups is 3. The van der Waals surface area contributed by atoms with Crippen molar-refractivity contribution >= 4 is 40.8 Å². The van der Waals surface area contributed by atoms with Crippen molar-refractivity contribution in [3.05, 3.63) is 81.4 Å². The van der Waals surface area contributed by atoms with Crippen LogP contribution in [-0.2, 0) is 44.8 Å². The number of imidazole rings is 2. The van der Waals surface area contributed by atoms with E-state index in [0.29, 0.717) is 34.6 Å². The molecule has 2 fully saturated rings. The topological polar surface area (TPSA) is 138 Å². The van der Waals surface area contributed by atoms with Crippen LogP contribution in [0.4, 0.5) is 11.4 Å². The maximum absolute atomic E-state index is 13.8. The van der Waals surface area contributed by atoms with E-state index >= 15 is 0 Å². The van der Waals surface area contributed by atoms with E-state index < -0.39 is 11.4 Å². The van der Waals surface area contributed by atoms with Gasteiger partial charge in [0.25, 0.3) is 11.8 Å². The van der Waals surface area contributed by atoms with Gasteiger partial charge in [0.1, 0.15) is 0 Å². The van der Waals surface area contributed by atoms with E-state index in [1.54, 1.807) is 6.07 Å². The first-order valence-corrected chi connectivity index (χ1v) is 20.1. The Morgan fingerprint density at radius 3 is 1.91 bits per heavy atom. The van der Waals surface area contributed by atoms with Crippen molar-refractivity contribution in [1.29, 1.82) is 0 Å². The Morgan fingerprint density at radius 2 is 1.35 bits per heavy atom. The molecule has 8 rings (SSSR count). The van der Waals surface area contributed by atoms with Gasteiger partial charge in [0.15, 0.2) is 11.6 Å². The second kappa shape index (κ2) is 14.5. The van der Waals surface area contributed by atoms with Crippen molar-refractivity contribution in [1.82, 2.24) is 28.9 Å². The third-order valence-electron chi connectivity index (χ3n) is 13.1. The van der Waals surface area contributed by atoms with Crippen LogP contribution in [0.1, 0.15) is 101 Å². The fraction of sp³-hybridized carbons (Fsp3) is 0.500. The van der Waals surface area contributed by atoms with E-state index in [4.69, 9.17) is 21.6 Å². The van der Waals surface area contributed by atoms with Gasteiger partial charge in [-0.15, -0.1) is 0 Å². The monoisotopic (exact) mass is 766 g/mol. The van der Waals surface area contributed by atoms with Gasteiger partial charge in [0.05, 0.1) is 27.5 Å². The van der Waals surface area contributed by atoms with E-state index in [-0.39, 0.29) is 17.2 Å². The lowest BCUT2D eigenvalue weighted by Gasteiger charge is -2.32. The van der Waals surface area contributed by atoms with Crippen LogP contribution < -0.4 is 10.6 Å². The van der Waals surface area contributed by atoms with Crippen molar-refractivity contribution in [2.75, 3.05) is 36.8 Å². The number of hydrogen-bond donors (Lipinski definition) is 3. The number of halogens is 1. The minimum absolute atomic E-state index is 0.149. The normalized spacial score (nSPS) is 22.1. The van der Waals surface area contributed by atoms with Crippen molar-refractivity contribution in [2.45, 2.75) is 84.7 Å². The van der Waals surface area contributed by atoms with Crippen LogP contribution in [-0.4, -0.2) is 78.0 Å². The largest absolute Gasteiger partial charge is 0.481 e. The Morgan fingerprint density at radius 1 is 0.800 bits per heavy atom. The van der Waals surface area contributed by atoms with Crippen LogP contribution in [0.15, 0.2) is 36.4 Å². The molecule has 2 aliphatic heterocycles. The fourth-order valence-electron chi connectivity index (χ4n) is 9.88. The number of nitrogens with zero attached hydrogens (tertiary/aromatic N) is 6. The Labute approximate surface area is 327 Å². The van der Waals surface area contributed by atoms with Crippen LogP contribution in [0.3, 0.4) is 0 Å². The first-order valence-electron chi connectivity index (χ1n) is 19.7. The number of fused-ring (bicyclic) bond motifs is 4. The highest BCUT2D eigenvalue weighted by Crippen LogP contribution is 2.63. The molecule has 4 aliphatic rings. The van der Waals surface area contributed by atoms with Gasteiger partial charge in [0, 0.05) is 75.8 Å². The van der Waals surface area contributed by atoms with Crippen molar-refractivity contribution in [3.63, 3.8) is 0 Å². The minimum Gasteiger partial charge on any atom is -0.481 e. The number of anilines is 2. The minimum atomic E-state index is -0.618. The van der Waals surface area contributed by atoms with Gasteiger partial charge in [-0.25, -0.2) is 9.97 Å². The van der Waals surface area contributed by atoms with E-state index in [1.807, 2.05) is 60.5 Å². The Kier molecular flexibility index (Phi) is 9.88. The molecule has 2 aromatic carbocycles. The van der Waals surface area contributed by atoms with Gasteiger partial charge in [0.2, 0.25) is 0 Å². The lowest BCUT2D eigenvalue weighted by Crippen LogP contribution is -2.34. The molecule has 13 heteroatoms. The number of hydrogen-bond acceptors (Lipinski definition) is 7. The number of benzene rings is 2. The summed E-state index contributed by atoms with van der Waals surface area (Å²) in [6, 6.07) is 11.3. The lowest BCUT2D eigenvalue weighted by atomic mass is 9.80. The molecule has 0 saturated heterocycles. The van der Waals surface area contributed by atoms with E-state index in [1.165, 1.54) is 0 Å². The Bertz CT molecular complexity index is 2180. The highest BCUT2D eigenvalue weighted by molar-refractivity contribution is 6.36. The molecule has 2 aliphatic carbocycles. The average molecular weight is 767 g/mol. The summed E-state index contributed by atoms with van der Waals surface area (Å²) in [4.78, 5) is 53.7. The quantitative estimate of drug-likeness (QED) is 0.151. The summed E-state index contributed by atoms with van der Waals surface area (Å²) in [5, 5.41) is 16.3. The summed E-state index contributed by atoms with van der Waals surface area (Å²) in [7, 11) is 3.80. The van der Waals surface area contributed by atoms with Crippen LogP contribution in [0.2, 0.25) is 5.02 Å². The summed E-state index contributed by atoms with van der Waals surface area (Å²) in [6.07, 6.45) is 8.17. The summed E-state index contributed by atoms with van der Waals surface area (Å²) in [5.74, 6) is -0.490. The number of carboxylic acid groups (broad SMARTS) is 1. The zero-order chi connectivity index (χ0) is 38.6. The third kappa shape index (κ3) is 6.76. The molecule has 55 heavy (non-hydrogen) atoms. The standard InChI is InChI=1S/C42H51ClN8O4/c1-5-19-50-20-12-33-31(23-50)44-37(49(33)4)39(53)47-30-11-7-9-28(35(30)43)27-8-6-10-29(26(27)2)46-38(52)36-45-32-24-51(21-13-34(32)48(36)3)22-18-41-14-16-42(25-41,17-15-41)40(54)55/h6-11H,5,12-25H2,1-4H3,(H,46,52)(H,47,53)(H,54,55). The second-order valence-corrected chi connectivity index (χ2v) is 16.8. The molecule has 12 nitrogen and oxygen atoms in total. The molecule has 2 amide bonds. The molecule has 3 N–H and O–H groups in total. The highest BCUT2D eigenvalue weighted by atomic mass is 35.5. The molecule has 0 spiro atoms. The molecular formula is C42H51ClN8O4. The zero-order valence-electron chi connectivity index (χ0n) is 32.3. The second-order valence-electron chi connectivity index (χ2n) is 16.4. The molecule has 2 aromatic heterocycles.